The maximum absolute atomic E-state index is 12.3. The van der Waals surface area contributed by atoms with Crippen molar-refractivity contribution in [1.29, 1.82) is 0 Å². The lowest BCUT2D eigenvalue weighted by atomic mass is 10.1. The molecule has 2 aromatic rings. The second-order valence-electron chi connectivity index (χ2n) is 5.74. The zero-order valence-corrected chi connectivity index (χ0v) is 14.3. The summed E-state index contributed by atoms with van der Waals surface area (Å²) in [5, 5.41) is 5.78. The van der Waals surface area contributed by atoms with Gasteiger partial charge in [0, 0.05) is 27.3 Å². The highest BCUT2D eigenvalue weighted by molar-refractivity contribution is 9.10. The molecule has 0 saturated heterocycles. The van der Waals surface area contributed by atoms with Crippen LogP contribution < -0.4 is 10.6 Å². The van der Waals surface area contributed by atoms with Crippen LogP contribution in [0.5, 0.6) is 0 Å². The third-order valence-electron chi connectivity index (χ3n) is 3.74. The van der Waals surface area contributed by atoms with Crippen molar-refractivity contribution in [3.63, 3.8) is 0 Å². The topological polar surface area (TPSA) is 58.2 Å². The number of rotatable bonds is 4. The molecule has 0 atom stereocenters. The first-order valence-electron chi connectivity index (χ1n) is 7.51. The van der Waals surface area contributed by atoms with Crippen molar-refractivity contribution in [2.45, 2.75) is 25.8 Å². The third kappa shape index (κ3) is 3.99. The minimum Gasteiger partial charge on any atom is -0.349 e. The summed E-state index contributed by atoms with van der Waals surface area (Å²) >= 11 is 3.43. The second-order valence-corrected chi connectivity index (χ2v) is 6.60. The summed E-state index contributed by atoms with van der Waals surface area (Å²) in [5.74, 6) is -0.274. The zero-order chi connectivity index (χ0) is 16.4. The van der Waals surface area contributed by atoms with Crippen molar-refractivity contribution in [1.82, 2.24) is 5.32 Å². The van der Waals surface area contributed by atoms with Crippen LogP contribution in [0.4, 0.5) is 5.69 Å². The number of nitrogens with one attached hydrogen (secondary N) is 2. The molecule has 2 amide bonds. The van der Waals surface area contributed by atoms with Gasteiger partial charge in [0.1, 0.15) is 0 Å². The van der Waals surface area contributed by atoms with Crippen molar-refractivity contribution < 1.29 is 9.59 Å². The monoisotopic (exact) mass is 372 g/mol. The predicted octanol–water partition coefficient (Wildman–Crippen LogP) is 3.90. The Balaban J connectivity index is 1.67. The first-order chi connectivity index (χ1) is 11.0. The normalized spacial score (nSPS) is 13.5. The molecule has 2 aromatic carbocycles. The van der Waals surface area contributed by atoms with Gasteiger partial charge in [0.25, 0.3) is 11.8 Å². The summed E-state index contributed by atoms with van der Waals surface area (Å²) in [7, 11) is 0. The van der Waals surface area contributed by atoms with Crippen LogP contribution in [0.3, 0.4) is 0 Å². The smallest absolute Gasteiger partial charge is 0.255 e. The van der Waals surface area contributed by atoms with Gasteiger partial charge in [-0.05, 0) is 67.8 Å². The molecule has 2 N–H and O–H groups in total. The quantitative estimate of drug-likeness (QED) is 0.854. The largest absolute Gasteiger partial charge is 0.349 e. The van der Waals surface area contributed by atoms with Gasteiger partial charge in [0.05, 0.1) is 0 Å². The van der Waals surface area contributed by atoms with Gasteiger partial charge in [-0.15, -0.1) is 0 Å². The summed E-state index contributed by atoms with van der Waals surface area (Å²) in [6, 6.07) is 12.7. The van der Waals surface area contributed by atoms with Gasteiger partial charge in [-0.2, -0.15) is 0 Å². The van der Waals surface area contributed by atoms with Gasteiger partial charge in [0.15, 0.2) is 0 Å². The number of hydrogen-bond acceptors (Lipinski definition) is 2. The molecule has 0 radical (unpaired) electrons. The lowest BCUT2D eigenvalue weighted by Crippen LogP contribution is -2.25. The van der Waals surface area contributed by atoms with Crippen LogP contribution in [0.2, 0.25) is 0 Å². The van der Waals surface area contributed by atoms with Crippen molar-refractivity contribution >= 4 is 33.4 Å². The number of aryl methyl sites for hydroxylation is 1. The molecule has 3 rings (SSSR count). The van der Waals surface area contributed by atoms with E-state index in [9.17, 15) is 9.59 Å². The maximum atomic E-state index is 12.3. The average molecular weight is 373 g/mol. The standard InChI is InChI=1S/C18H17BrN2O2/c1-11-10-15(8-9-16(11)19)21-18(23)13-4-2-12(3-5-13)17(22)20-14-6-7-14/h2-5,8-10,14H,6-7H2,1H3,(H,20,22)(H,21,23). The molecule has 1 fully saturated rings. The fourth-order valence-electron chi connectivity index (χ4n) is 2.20. The molecular formula is C18H17BrN2O2. The molecule has 4 nitrogen and oxygen atoms in total. The summed E-state index contributed by atoms with van der Waals surface area (Å²) in [4.78, 5) is 24.2. The molecule has 1 aliphatic carbocycles. The van der Waals surface area contributed by atoms with Crippen molar-refractivity contribution in [3.05, 3.63) is 63.6 Å². The minimum absolute atomic E-state index is 0.0806. The Hall–Kier alpha value is -2.14. The number of hydrogen-bond donors (Lipinski definition) is 2. The van der Waals surface area contributed by atoms with Gasteiger partial charge >= 0.3 is 0 Å². The van der Waals surface area contributed by atoms with E-state index < -0.39 is 0 Å². The highest BCUT2D eigenvalue weighted by atomic mass is 79.9. The first-order valence-corrected chi connectivity index (χ1v) is 8.30. The summed E-state index contributed by atoms with van der Waals surface area (Å²) in [5.41, 5.74) is 2.89. The van der Waals surface area contributed by atoms with Crippen LogP contribution in [0.25, 0.3) is 0 Å². The summed E-state index contributed by atoms with van der Waals surface area (Å²) in [6.45, 7) is 1.97. The molecule has 0 bridgehead atoms. The lowest BCUT2D eigenvalue weighted by Gasteiger charge is -2.08. The Labute approximate surface area is 143 Å². The number of anilines is 1. The van der Waals surface area contributed by atoms with Crippen molar-refractivity contribution in [2.24, 2.45) is 0 Å². The van der Waals surface area contributed by atoms with E-state index in [0.717, 1.165) is 28.6 Å². The summed E-state index contributed by atoms with van der Waals surface area (Å²) in [6.07, 6.45) is 2.11. The molecular weight excluding hydrogens is 356 g/mol. The van der Waals surface area contributed by atoms with Gasteiger partial charge < -0.3 is 10.6 Å². The molecule has 5 heteroatoms. The van der Waals surface area contributed by atoms with E-state index in [4.69, 9.17) is 0 Å². The second kappa shape index (κ2) is 6.54. The zero-order valence-electron chi connectivity index (χ0n) is 12.7. The number of carbonyl (C=O) groups excluding carboxylic acids is 2. The average Bonchev–Trinajstić information content (AvgIpc) is 3.35. The highest BCUT2D eigenvalue weighted by Gasteiger charge is 2.23. The van der Waals surface area contributed by atoms with Crippen LogP contribution in [0, 0.1) is 6.92 Å². The van der Waals surface area contributed by atoms with E-state index >= 15 is 0 Å². The molecule has 0 aromatic heterocycles. The molecule has 0 unspecified atom stereocenters. The number of carbonyl (C=O) groups is 2. The molecule has 0 spiro atoms. The van der Waals surface area contributed by atoms with E-state index in [1.165, 1.54) is 0 Å². The van der Waals surface area contributed by atoms with Gasteiger partial charge in [-0.3, -0.25) is 9.59 Å². The lowest BCUT2D eigenvalue weighted by molar-refractivity contribution is 0.0949. The van der Waals surface area contributed by atoms with Crippen LogP contribution in [-0.2, 0) is 0 Å². The fraction of sp³-hybridized carbons (Fsp3) is 0.222. The molecule has 23 heavy (non-hydrogen) atoms. The van der Waals surface area contributed by atoms with E-state index in [1.54, 1.807) is 24.3 Å². The Bertz CT molecular complexity index is 752. The van der Waals surface area contributed by atoms with Crippen LogP contribution in [0.15, 0.2) is 46.9 Å². The van der Waals surface area contributed by atoms with E-state index in [0.29, 0.717) is 17.2 Å². The van der Waals surface area contributed by atoms with Crippen LogP contribution in [-0.4, -0.2) is 17.9 Å². The SMILES string of the molecule is Cc1cc(NC(=O)c2ccc(C(=O)NC3CC3)cc2)ccc1Br. The Morgan fingerprint density at radius 2 is 1.61 bits per heavy atom. The Morgan fingerprint density at radius 3 is 2.17 bits per heavy atom. The Morgan fingerprint density at radius 1 is 1.00 bits per heavy atom. The highest BCUT2D eigenvalue weighted by Crippen LogP contribution is 2.21. The van der Waals surface area contributed by atoms with Gasteiger partial charge in [-0.25, -0.2) is 0 Å². The fourth-order valence-corrected chi connectivity index (χ4v) is 2.44. The van der Waals surface area contributed by atoms with Gasteiger partial charge in [0.2, 0.25) is 0 Å². The number of halogens is 1. The van der Waals surface area contributed by atoms with Crippen molar-refractivity contribution in [2.75, 3.05) is 5.32 Å². The third-order valence-corrected chi connectivity index (χ3v) is 4.63. The van der Waals surface area contributed by atoms with Crippen molar-refractivity contribution in [3.8, 4) is 0 Å². The molecule has 0 aliphatic heterocycles. The number of benzene rings is 2. The number of amides is 2. The predicted molar refractivity (Wildman–Crippen MR) is 93.8 cm³/mol. The maximum Gasteiger partial charge on any atom is 0.255 e. The first kappa shape index (κ1) is 15.7. The summed E-state index contributed by atoms with van der Waals surface area (Å²) < 4.78 is 1.00. The minimum atomic E-state index is -0.194. The van der Waals surface area contributed by atoms with E-state index in [2.05, 4.69) is 26.6 Å². The molecule has 1 saturated carbocycles. The molecule has 0 heterocycles. The molecule has 118 valence electrons. The van der Waals surface area contributed by atoms with E-state index in [-0.39, 0.29) is 11.8 Å². The molecule has 1 aliphatic rings. The van der Waals surface area contributed by atoms with Crippen LogP contribution in [0.1, 0.15) is 39.1 Å². The van der Waals surface area contributed by atoms with E-state index in [1.807, 2.05) is 25.1 Å². The van der Waals surface area contributed by atoms with Crippen LogP contribution >= 0.6 is 15.9 Å². The van der Waals surface area contributed by atoms with Gasteiger partial charge in [-0.1, -0.05) is 15.9 Å². The Kier molecular flexibility index (Phi) is 4.48.